The Morgan fingerprint density at radius 2 is 2.12 bits per heavy atom. The van der Waals surface area contributed by atoms with Crippen LogP contribution in [0.1, 0.15) is 5.56 Å². The Kier molecular flexibility index (Phi) is 4.86. The van der Waals surface area contributed by atoms with E-state index in [1.807, 2.05) is 38.4 Å². The van der Waals surface area contributed by atoms with Crippen molar-refractivity contribution in [2.75, 3.05) is 21.2 Å². The van der Waals surface area contributed by atoms with Crippen LogP contribution in [-0.2, 0) is 0 Å². The number of hydrogen-bond donors (Lipinski definition) is 0. The molecular formula is C12H15ClN2O. The number of rotatable bonds is 4. The number of benzene rings is 1. The third-order valence-electron chi connectivity index (χ3n) is 1.85. The minimum absolute atomic E-state index is 0.685. The van der Waals surface area contributed by atoms with E-state index in [1.54, 1.807) is 24.4 Å². The Morgan fingerprint density at radius 3 is 2.75 bits per heavy atom. The first-order valence-corrected chi connectivity index (χ1v) is 5.23. The molecule has 16 heavy (non-hydrogen) atoms. The van der Waals surface area contributed by atoms with Crippen molar-refractivity contribution in [3.05, 3.63) is 34.9 Å². The van der Waals surface area contributed by atoms with Crippen LogP contribution in [0.4, 0.5) is 0 Å². The molecule has 0 aliphatic carbocycles. The SMILES string of the molecule is COc1ccc(Cl)cc1/C=C\C=N/N(C)C. The van der Waals surface area contributed by atoms with Crippen LogP contribution in [0.5, 0.6) is 5.75 Å². The van der Waals surface area contributed by atoms with Crippen molar-refractivity contribution >= 4 is 23.9 Å². The van der Waals surface area contributed by atoms with Crippen LogP contribution in [0.15, 0.2) is 29.4 Å². The van der Waals surface area contributed by atoms with Gasteiger partial charge in [-0.2, -0.15) is 5.10 Å². The van der Waals surface area contributed by atoms with Crippen molar-refractivity contribution in [2.45, 2.75) is 0 Å². The molecule has 0 saturated carbocycles. The van der Waals surface area contributed by atoms with Crippen LogP contribution in [0.2, 0.25) is 5.02 Å². The molecule has 0 radical (unpaired) electrons. The van der Waals surface area contributed by atoms with Crippen LogP contribution in [0.25, 0.3) is 6.08 Å². The topological polar surface area (TPSA) is 24.8 Å². The Morgan fingerprint density at radius 1 is 1.38 bits per heavy atom. The van der Waals surface area contributed by atoms with Crippen molar-refractivity contribution < 1.29 is 4.74 Å². The monoisotopic (exact) mass is 238 g/mol. The molecule has 0 heterocycles. The fourth-order valence-electron chi connectivity index (χ4n) is 1.15. The summed E-state index contributed by atoms with van der Waals surface area (Å²) < 4.78 is 5.21. The van der Waals surface area contributed by atoms with Crippen LogP contribution >= 0.6 is 11.6 Å². The number of ether oxygens (including phenoxy) is 1. The first-order chi connectivity index (χ1) is 7.63. The van der Waals surface area contributed by atoms with Gasteiger partial charge in [-0.25, -0.2) is 0 Å². The van der Waals surface area contributed by atoms with Crippen molar-refractivity contribution in [3.63, 3.8) is 0 Å². The summed E-state index contributed by atoms with van der Waals surface area (Å²) >= 11 is 5.91. The van der Waals surface area contributed by atoms with Gasteiger partial charge in [-0.15, -0.1) is 0 Å². The lowest BCUT2D eigenvalue weighted by Gasteiger charge is -2.04. The van der Waals surface area contributed by atoms with E-state index in [0.29, 0.717) is 5.02 Å². The highest BCUT2D eigenvalue weighted by molar-refractivity contribution is 6.30. The van der Waals surface area contributed by atoms with Gasteiger partial charge in [0.2, 0.25) is 0 Å². The van der Waals surface area contributed by atoms with E-state index in [-0.39, 0.29) is 0 Å². The van der Waals surface area contributed by atoms with Crippen LogP contribution in [0, 0.1) is 0 Å². The molecule has 0 amide bonds. The van der Waals surface area contributed by atoms with Crippen LogP contribution in [0.3, 0.4) is 0 Å². The zero-order chi connectivity index (χ0) is 12.0. The van der Waals surface area contributed by atoms with E-state index in [4.69, 9.17) is 16.3 Å². The summed E-state index contributed by atoms with van der Waals surface area (Å²) in [6.07, 6.45) is 5.45. The normalized spacial score (nSPS) is 11.2. The summed E-state index contributed by atoms with van der Waals surface area (Å²) in [5, 5.41) is 6.47. The van der Waals surface area contributed by atoms with E-state index in [1.165, 1.54) is 0 Å². The average molecular weight is 239 g/mol. The lowest BCUT2D eigenvalue weighted by molar-refractivity contribution is 0.414. The van der Waals surface area contributed by atoms with Gasteiger partial charge in [-0.05, 0) is 30.4 Å². The van der Waals surface area contributed by atoms with Crippen molar-refractivity contribution in [3.8, 4) is 5.75 Å². The van der Waals surface area contributed by atoms with Gasteiger partial charge in [0.05, 0.1) is 7.11 Å². The molecule has 0 N–H and O–H groups in total. The zero-order valence-electron chi connectivity index (χ0n) is 9.64. The predicted octanol–water partition coefficient (Wildman–Crippen LogP) is 2.91. The summed E-state index contributed by atoms with van der Waals surface area (Å²) in [7, 11) is 5.36. The molecule has 86 valence electrons. The standard InChI is InChI=1S/C12H15ClN2O/c1-15(2)14-8-4-5-10-9-11(13)6-7-12(10)16-3/h4-9H,1-3H3/b5-4-,14-8-. The molecule has 0 spiro atoms. The molecule has 0 unspecified atom stereocenters. The molecule has 1 aromatic carbocycles. The molecule has 3 nitrogen and oxygen atoms in total. The minimum Gasteiger partial charge on any atom is -0.496 e. The molecule has 1 aromatic rings. The maximum Gasteiger partial charge on any atom is 0.126 e. The molecule has 0 bridgehead atoms. The fraction of sp³-hybridized carbons (Fsp3) is 0.250. The van der Waals surface area contributed by atoms with E-state index >= 15 is 0 Å². The Labute approximate surface area is 101 Å². The molecule has 0 fully saturated rings. The fourth-order valence-corrected chi connectivity index (χ4v) is 1.33. The van der Waals surface area contributed by atoms with Gasteiger partial charge in [0.1, 0.15) is 5.75 Å². The second-order valence-corrected chi connectivity index (χ2v) is 3.79. The van der Waals surface area contributed by atoms with Crippen LogP contribution in [-0.4, -0.2) is 32.4 Å². The van der Waals surface area contributed by atoms with Gasteiger partial charge < -0.3 is 9.75 Å². The Hall–Kier alpha value is -1.48. The second-order valence-electron chi connectivity index (χ2n) is 3.36. The Balaban J connectivity index is 2.83. The summed E-state index contributed by atoms with van der Waals surface area (Å²) in [5.74, 6) is 0.791. The number of allylic oxidation sites excluding steroid dienone is 1. The number of hydrogen-bond acceptors (Lipinski definition) is 3. The third-order valence-corrected chi connectivity index (χ3v) is 2.09. The number of methoxy groups -OCH3 is 1. The van der Waals surface area contributed by atoms with Gasteiger partial charge in [0, 0.05) is 30.9 Å². The third kappa shape index (κ3) is 3.95. The Bertz CT molecular complexity index is 400. The van der Waals surface area contributed by atoms with E-state index in [0.717, 1.165) is 11.3 Å². The average Bonchev–Trinajstić information content (AvgIpc) is 2.24. The van der Waals surface area contributed by atoms with Gasteiger partial charge in [-0.3, -0.25) is 0 Å². The summed E-state index contributed by atoms with van der Waals surface area (Å²) in [6.45, 7) is 0. The van der Waals surface area contributed by atoms with Crippen molar-refractivity contribution in [1.82, 2.24) is 5.01 Å². The maximum atomic E-state index is 5.91. The molecule has 0 saturated heterocycles. The first kappa shape index (κ1) is 12.6. The minimum atomic E-state index is 0.685. The van der Waals surface area contributed by atoms with E-state index in [2.05, 4.69) is 5.10 Å². The summed E-state index contributed by atoms with van der Waals surface area (Å²) in [4.78, 5) is 0. The van der Waals surface area contributed by atoms with E-state index in [9.17, 15) is 0 Å². The van der Waals surface area contributed by atoms with Gasteiger partial charge in [0.15, 0.2) is 0 Å². The quantitative estimate of drug-likeness (QED) is 0.595. The summed E-state index contributed by atoms with van der Waals surface area (Å²) in [5.41, 5.74) is 0.931. The number of nitrogens with zero attached hydrogens (tertiary/aromatic N) is 2. The second kappa shape index (κ2) is 6.18. The summed E-state index contributed by atoms with van der Waals surface area (Å²) in [6, 6.07) is 5.48. The lowest BCUT2D eigenvalue weighted by atomic mass is 10.2. The largest absolute Gasteiger partial charge is 0.496 e. The lowest BCUT2D eigenvalue weighted by Crippen LogP contribution is -2.00. The number of hydrazone groups is 1. The first-order valence-electron chi connectivity index (χ1n) is 4.85. The molecular weight excluding hydrogens is 224 g/mol. The highest BCUT2D eigenvalue weighted by atomic mass is 35.5. The zero-order valence-corrected chi connectivity index (χ0v) is 10.4. The van der Waals surface area contributed by atoms with Crippen molar-refractivity contribution in [1.29, 1.82) is 0 Å². The maximum absolute atomic E-state index is 5.91. The molecule has 0 aliphatic rings. The predicted molar refractivity (Wildman–Crippen MR) is 69.2 cm³/mol. The number of halogens is 1. The van der Waals surface area contributed by atoms with Crippen molar-refractivity contribution in [2.24, 2.45) is 5.10 Å². The van der Waals surface area contributed by atoms with Gasteiger partial charge in [0.25, 0.3) is 0 Å². The van der Waals surface area contributed by atoms with Gasteiger partial charge >= 0.3 is 0 Å². The molecule has 4 heteroatoms. The molecule has 0 aliphatic heterocycles. The highest BCUT2D eigenvalue weighted by Gasteiger charge is 1.99. The van der Waals surface area contributed by atoms with Crippen LogP contribution < -0.4 is 4.74 Å². The molecule has 1 rings (SSSR count). The smallest absolute Gasteiger partial charge is 0.126 e. The van der Waals surface area contributed by atoms with E-state index < -0.39 is 0 Å². The molecule has 0 aromatic heterocycles. The van der Waals surface area contributed by atoms with Gasteiger partial charge in [-0.1, -0.05) is 11.6 Å². The molecule has 0 atom stereocenters. The highest BCUT2D eigenvalue weighted by Crippen LogP contribution is 2.23.